The molecule has 0 saturated carbocycles. The summed E-state index contributed by atoms with van der Waals surface area (Å²) < 4.78 is 0. The molecule has 2 rings (SSSR count). The fraction of sp³-hybridized carbons (Fsp3) is 0.286. The van der Waals surface area contributed by atoms with Gasteiger partial charge in [-0.1, -0.05) is 74.5 Å². The van der Waals surface area contributed by atoms with Crippen LogP contribution in [0.4, 0.5) is 0 Å². The average Bonchev–Trinajstić information content (AvgIpc) is 2.65. The Morgan fingerprint density at radius 3 is 2.17 bits per heavy atom. The van der Waals surface area contributed by atoms with Crippen molar-refractivity contribution in [2.24, 2.45) is 0 Å². The van der Waals surface area contributed by atoms with Gasteiger partial charge in [-0.3, -0.25) is 9.69 Å². The molecule has 24 heavy (non-hydrogen) atoms. The molecule has 3 heteroatoms. The van der Waals surface area contributed by atoms with E-state index in [4.69, 9.17) is 0 Å². The highest BCUT2D eigenvalue weighted by molar-refractivity contribution is 5.91. The Balaban J connectivity index is 1.99. The molecule has 0 aliphatic heterocycles. The zero-order chi connectivity index (χ0) is 17.2. The second-order valence-electron chi connectivity index (χ2n) is 5.64. The minimum absolute atomic E-state index is 0.0630. The van der Waals surface area contributed by atoms with Gasteiger partial charge in [-0.15, -0.1) is 0 Å². The first kappa shape index (κ1) is 18.0. The highest BCUT2D eigenvalue weighted by atomic mass is 16.1. The summed E-state index contributed by atoms with van der Waals surface area (Å²) in [5.41, 5.74) is 2.25. The molecule has 1 amide bonds. The van der Waals surface area contributed by atoms with Gasteiger partial charge in [0.05, 0.1) is 6.04 Å². The summed E-state index contributed by atoms with van der Waals surface area (Å²) in [4.78, 5) is 14.5. The van der Waals surface area contributed by atoms with Crippen LogP contribution in [0.5, 0.6) is 0 Å². The Labute approximate surface area is 145 Å². The van der Waals surface area contributed by atoms with Crippen molar-refractivity contribution in [3.05, 3.63) is 77.9 Å². The maximum atomic E-state index is 12.1. The molecule has 0 heterocycles. The molecule has 0 aliphatic carbocycles. The van der Waals surface area contributed by atoms with Crippen LogP contribution in [0.15, 0.2) is 66.7 Å². The molecule has 0 spiro atoms. The molecule has 2 aromatic carbocycles. The molecule has 0 bridgehead atoms. The lowest BCUT2D eigenvalue weighted by molar-refractivity contribution is -0.116. The van der Waals surface area contributed by atoms with E-state index in [0.29, 0.717) is 6.54 Å². The number of benzene rings is 2. The smallest absolute Gasteiger partial charge is 0.244 e. The van der Waals surface area contributed by atoms with Crippen LogP contribution in [0.2, 0.25) is 0 Å². The van der Waals surface area contributed by atoms with Crippen LogP contribution in [0.25, 0.3) is 6.08 Å². The van der Waals surface area contributed by atoms with E-state index in [1.807, 2.05) is 54.6 Å². The van der Waals surface area contributed by atoms with Gasteiger partial charge in [-0.05, 0) is 30.3 Å². The summed E-state index contributed by atoms with van der Waals surface area (Å²) in [5, 5.41) is 3.03. The predicted molar refractivity (Wildman–Crippen MR) is 101 cm³/mol. The minimum Gasteiger partial charge on any atom is -0.351 e. The lowest BCUT2D eigenvalue weighted by atomic mass is 10.1. The summed E-state index contributed by atoms with van der Waals surface area (Å²) in [6, 6.07) is 20.4. The van der Waals surface area contributed by atoms with Gasteiger partial charge < -0.3 is 5.32 Å². The van der Waals surface area contributed by atoms with E-state index in [9.17, 15) is 4.79 Å². The van der Waals surface area contributed by atoms with Crippen molar-refractivity contribution >= 4 is 12.0 Å². The lowest BCUT2D eigenvalue weighted by Crippen LogP contribution is -2.37. The van der Waals surface area contributed by atoms with Gasteiger partial charge in [0.2, 0.25) is 5.91 Å². The minimum atomic E-state index is -0.0630. The quantitative estimate of drug-likeness (QED) is 0.748. The molecule has 3 nitrogen and oxygen atoms in total. The third kappa shape index (κ3) is 5.36. The largest absolute Gasteiger partial charge is 0.351 e. The second-order valence-corrected chi connectivity index (χ2v) is 5.64. The number of nitrogens with zero attached hydrogens (tertiary/aromatic N) is 1. The van der Waals surface area contributed by atoms with Crippen molar-refractivity contribution in [2.45, 2.75) is 19.9 Å². The summed E-state index contributed by atoms with van der Waals surface area (Å²) in [6.45, 7) is 6.80. The first-order valence-electron chi connectivity index (χ1n) is 8.54. The molecule has 0 radical (unpaired) electrons. The Bertz CT molecular complexity index is 633. The van der Waals surface area contributed by atoms with Gasteiger partial charge in [0, 0.05) is 12.6 Å². The monoisotopic (exact) mass is 322 g/mol. The molecule has 0 saturated heterocycles. The first-order chi connectivity index (χ1) is 11.7. The molecule has 1 N–H and O–H groups in total. The molecule has 0 fully saturated rings. The predicted octanol–water partition coefficient (Wildman–Crippen LogP) is 3.90. The van der Waals surface area contributed by atoms with Crippen LogP contribution < -0.4 is 5.32 Å². The van der Waals surface area contributed by atoms with Crippen molar-refractivity contribution in [1.82, 2.24) is 10.2 Å². The van der Waals surface area contributed by atoms with E-state index in [1.165, 1.54) is 5.56 Å². The number of nitrogens with one attached hydrogen (secondary N) is 1. The molecular weight excluding hydrogens is 296 g/mol. The second kappa shape index (κ2) is 9.68. The molecular formula is C21H26N2O. The highest BCUT2D eigenvalue weighted by Crippen LogP contribution is 2.19. The van der Waals surface area contributed by atoms with E-state index in [2.05, 4.69) is 36.2 Å². The SMILES string of the molecule is CCN(CC)C(CNC(=O)C=Cc1ccccc1)c1ccccc1. The Kier molecular flexibility index (Phi) is 7.24. The van der Waals surface area contributed by atoms with Crippen molar-refractivity contribution in [2.75, 3.05) is 19.6 Å². The number of rotatable bonds is 8. The molecule has 0 aromatic heterocycles. The fourth-order valence-corrected chi connectivity index (χ4v) is 2.79. The molecule has 0 aliphatic rings. The zero-order valence-electron chi connectivity index (χ0n) is 14.5. The van der Waals surface area contributed by atoms with E-state index >= 15 is 0 Å². The van der Waals surface area contributed by atoms with Gasteiger partial charge >= 0.3 is 0 Å². The number of carbonyl (C=O) groups is 1. The van der Waals surface area contributed by atoms with Gasteiger partial charge in [0.25, 0.3) is 0 Å². The Hall–Kier alpha value is -2.39. The molecule has 2 aromatic rings. The summed E-state index contributed by atoms with van der Waals surface area (Å²) in [6.07, 6.45) is 3.43. The van der Waals surface area contributed by atoms with E-state index in [1.54, 1.807) is 6.08 Å². The van der Waals surface area contributed by atoms with Crippen molar-refractivity contribution in [1.29, 1.82) is 0 Å². The molecule has 1 atom stereocenters. The van der Waals surface area contributed by atoms with Crippen LogP contribution in [0.1, 0.15) is 31.0 Å². The topological polar surface area (TPSA) is 32.3 Å². The van der Waals surface area contributed by atoms with Crippen LogP contribution in [0.3, 0.4) is 0 Å². The summed E-state index contributed by atoms with van der Waals surface area (Å²) >= 11 is 0. The van der Waals surface area contributed by atoms with Crippen molar-refractivity contribution in [3.63, 3.8) is 0 Å². The van der Waals surface area contributed by atoms with Crippen LogP contribution in [-0.4, -0.2) is 30.4 Å². The maximum Gasteiger partial charge on any atom is 0.244 e. The van der Waals surface area contributed by atoms with Gasteiger partial charge in [0.15, 0.2) is 0 Å². The van der Waals surface area contributed by atoms with Crippen LogP contribution in [-0.2, 0) is 4.79 Å². The third-order valence-electron chi connectivity index (χ3n) is 4.13. The van der Waals surface area contributed by atoms with E-state index in [0.717, 1.165) is 18.7 Å². The molecule has 1 unspecified atom stereocenters. The number of carbonyl (C=O) groups excluding carboxylic acids is 1. The highest BCUT2D eigenvalue weighted by Gasteiger charge is 2.17. The lowest BCUT2D eigenvalue weighted by Gasteiger charge is -2.30. The Morgan fingerprint density at radius 1 is 1.00 bits per heavy atom. The number of amides is 1. The summed E-state index contributed by atoms with van der Waals surface area (Å²) in [5.74, 6) is -0.0630. The first-order valence-corrected chi connectivity index (χ1v) is 8.54. The standard InChI is InChI=1S/C21H26N2O/c1-3-23(4-2)20(19-13-9-6-10-14-19)17-22-21(24)16-15-18-11-7-5-8-12-18/h5-16,20H,3-4,17H2,1-2H3,(H,22,24). The fourth-order valence-electron chi connectivity index (χ4n) is 2.79. The van der Waals surface area contributed by atoms with Crippen molar-refractivity contribution < 1.29 is 4.79 Å². The summed E-state index contributed by atoms with van der Waals surface area (Å²) in [7, 11) is 0. The normalized spacial score (nSPS) is 12.5. The number of hydrogen-bond acceptors (Lipinski definition) is 2. The van der Waals surface area contributed by atoms with Crippen LogP contribution in [0, 0.1) is 0 Å². The van der Waals surface area contributed by atoms with Crippen LogP contribution >= 0.6 is 0 Å². The van der Waals surface area contributed by atoms with Gasteiger partial charge in [-0.25, -0.2) is 0 Å². The number of hydrogen-bond donors (Lipinski definition) is 1. The maximum absolute atomic E-state index is 12.1. The van der Waals surface area contributed by atoms with Crippen molar-refractivity contribution in [3.8, 4) is 0 Å². The number of likely N-dealkylation sites (N-methyl/N-ethyl adjacent to an activating group) is 1. The van der Waals surface area contributed by atoms with E-state index in [-0.39, 0.29) is 11.9 Å². The van der Waals surface area contributed by atoms with Gasteiger partial charge in [-0.2, -0.15) is 0 Å². The van der Waals surface area contributed by atoms with Gasteiger partial charge in [0.1, 0.15) is 0 Å². The zero-order valence-corrected chi connectivity index (χ0v) is 14.5. The third-order valence-corrected chi connectivity index (χ3v) is 4.13. The van der Waals surface area contributed by atoms with E-state index < -0.39 is 0 Å². The Morgan fingerprint density at radius 2 is 1.58 bits per heavy atom. The average molecular weight is 322 g/mol. The molecule has 126 valence electrons.